The summed E-state index contributed by atoms with van der Waals surface area (Å²) >= 11 is 0. The highest BCUT2D eigenvalue weighted by molar-refractivity contribution is 5.92. The van der Waals surface area contributed by atoms with Crippen LogP contribution in [0.2, 0.25) is 0 Å². The van der Waals surface area contributed by atoms with E-state index in [0.717, 1.165) is 38.2 Å². The van der Waals surface area contributed by atoms with Gasteiger partial charge in [-0.15, -0.1) is 0 Å². The van der Waals surface area contributed by atoms with Crippen LogP contribution in [0.1, 0.15) is 43.5 Å². The topological polar surface area (TPSA) is 93.2 Å². The predicted octanol–water partition coefficient (Wildman–Crippen LogP) is 2.39. The normalized spacial score (nSPS) is 15.9. The van der Waals surface area contributed by atoms with Crippen LogP contribution < -0.4 is 0 Å². The molecule has 0 bridgehead atoms. The minimum atomic E-state index is -0.183. The van der Waals surface area contributed by atoms with Crippen LogP contribution >= 0.6 is 0 Å². The van der Waals surface area contributed by atoms with Gasteiger partial charge in [0.05, 0.1) is 5.56 Å². The zero-order valence-electron chi connectivity index (χ0n) is 17.9. The van der Waals surface area contributed by atoms with Crippen molar-refractivity contribution < 1.29 is 9.32 Å². The minimum absolute atomic E-state index is 0.0405. The number of aromatic nitrogens is 5. The SMILES string of the molecule is CN1CCCN(C(=O)c2cn(-c3ccc(-c4nc(C(C)(C)C)no4)cn3)cn2)CC1. The van der Waals surface area contributed by atoms with Gasteiger partial charge in [-0.25, -0.2) is 9.97 Å². The van der Waals surface area contributed by atoms with E-state index in [-0.39, 0.29) is 11.3 Å². The summed E-state index contributed by atoms with van der Waals surface area (Å²) in [6, 6.07) is 3.71. The van der Waals surface area contributed by atoms with E-state index in [0.29, 0.717) is 23.2 Å². The molecule has 9 nitrogen and oxygen atoms in total. The Labute approximate surface area is 175 Å². The van der Waals surface area contributed by atoms with Gasteiger partial charge in [0.15, 0.2) is 5.82 Å². The van der Waals surface area contributed by atoms with Gasteiger partial charge in [0.2, 0.25) is 0 Å². The molecule has 4 heterocycles. The van der Waals surface area contributed by atoms with Gasteiger partial charge in [-0.3, -0.25) is 9.36 Å². The van der Waals surface area contributed by atoms with Gasteiger partial charge in [-0.05, 0) is 32.1 Å². The van der Waals surface area contributed by atoms with E-state index in [1.165, 1.54) is 0 Å². The molecule has 1 amide bonds. The standard InChI is InChI=1S/C21H27N7O2/c1-21(2,3)20-24-18(30-25-20)15-6-7-17(22-12-15)28-13-16(23-14-28)19(29)27-9-5-8-26(4)10-11-27/h6-7,12-14H,5,8-11H2,1-4H3. The number of pyridine rings is 1. The third-order valence-corrected chi connectivity index (χ3v) is 5.16. The predicted molar refractivity (Wildman–Crippen MR) is 111 cm³/mol. The molecule has 0 aromatic carbocycles. The van der Waals surface area contributed by atoms with Crippen LogP contribution in [0.4, 0.5) is 0 Å². The first kappa shape index (κ1) is 20.2. The lowest BCUT2D eigenvalue weighted by molar-refractivity contribution is 0.0757. The maximum Gasteiger partial charge on any atom is 0.274 e. The Morgan fingerprint density at radius 3 is 2.63 bits per heavy atom. The second-order valence-electron chi connectivity index (χ2n) is 8.69. The van der Waals surface area contributed by atoms with Gasteiger partial charge in [0, 0.05) is 37.4 Å². The number of rotatable bonds is 3. The lowest BCUT2D eigenvalue weighted by Gasteiger charge is -2.19. The quantitative estimate of drug-likeness (QED) is 0.656. The van der Waals surface area contributed by atoms with Gasteiger partial charge in [0.25, 0.3) is 11.8 Å². The molecule has 0 atom stereocenters. The molecular weight excluding hydrogens is 382 g/mol. The molecule has 0 N–H and O–H groups in total. The maximum atomic E-state index is 12.8. The number of hydrogen-bond donors (Lipinski definition) is 0. The van der Waals surface area contributed by atoms with Crippen LogP contribution in [0.5, 0.6) is 0 Å². The highest BCUT2D eigenvalue weighted by Crippen LogP contribution is 2.23. The smallest absolute Gasteiger partial charge is 0.274 e. The summed E-state index contributed by atoms with van der Waals surface area (Å²) in [7, 11) is 2.08. The average molecular weight is 409 g/mol. The number of nitrogens with zero attached hydrogens (tertiary/aromatic N) is 7. The molecule has 1 fully saturated rings. The molecule has 0 radical (unpaired) electrons. The maximum absolute atomic E-state index is 12.8. The highest BCUT2D eigenvalue weighted by Gasteiger charge is 2.22. The van der Waals surface area contributed by atoms with Gasteiger partial charge < -0.3 is 14.3 Å². The fourth-order valence-electron chi connectivity index (χ4n) is 3.28. The van der Waals surface area contributed by atoms with Crippen molar-refractivity contribution in [1.82, 2.24) is 34.5 Å². The summed E-state index contributed by atoms with van der Waals surface area (Å²) in [6.45, 7) is 9.45. The van der Waals surface area contributed by atoms with Crippen LogP contribution in [0.15, 0.2) is 35.4 Å². The fourth-order valence-corrected chi connectivity index (χ4v) is 3.28. The van der Waals surface area contributed by atoms with E-state index in [4.69, 9.17) is 4.52 Å². The van der Waals surface area contributed by atoms with Gasteiger partial charge >= 0.3 is 0 Å². The Bertz CT molecular complexity index is 1020. The van der Waals surface area contributed by atoms with Crippen molar-refractivity contribution in [2.75, 3.05) is 33.2 Å². The zero-order valence-corrected chi connectivity index (χ0v) is 17.9. The van der Waals surface area contributed by atoms with Crippen molar-refractivity contribution in [3.63, 3.8) is 0 Å². The Hall–Kier alpha value is -3.07. The van der Waals surface area contributed by atoms with Crippen LogP contribution in [0, 0.1) is 0 Å². The lowest BCUT2D eigenvalue weighted by atomic mass is 9.96. The van der Waals surface area contributed by atoms with Crippen LogP contribution in [0.25, 0.3) is 17.3 Å². The first-order valence-electron chi connectivity index (χ1n) is 10.1. The minimum Gasteiger partial charge on any atom is -0.336 e. The molecule has 9 heteroatoms. The molecule has 0 spiro atoms. The third kappa shape index (κ3) is 4.25. The highest BCUT2D eigenvalue weighted by atomic mass is 16.5. The Balaban J connectivity index is 1.48. The zero-order chi connectivity index (χ0) is 21.3. The van der Waals surface area contributed by atoms with Crippen LogP contribution in [-0.4, -0.2) is 73.6 Å². The molecule has 4 rings (SSSR count). The van der Waals surface area contributed by atoms with E-state index < -0.39 is 0 Å². The van der Waals surface area contributed by atoms with E-state index in [1.54, 1.807) is 23.3 Å². The summed E-state index contributed by atoms with van der Waals surface area (Å²) in [4.78, 5) is 30.2. The monoisotopic (exact) mass is 409 g/mol. The number of likely N-dealkylation sites (N-methyl/N-ethyl adjacent to an activating group) is 1. The van der Waals surface area contributed by atoms with Crippen molar-refractivity contribution in [1.29, 1.82) is 0 Å². The van der Waals surface area contributed by atoms with Gasteiger partial charge in [-0.2, -0.15) is 4.98 Å². The molecule has 0 unspecified atom stereocenters. The van der Waals surface area contributed by atoms with Crippen molar-refractivity contribution in [3.8, 4) is 17.3 Å². The van der Waals surface area contributed by atoms with Crippen LogP contribution in [0.3, 0.4) is 0 Å². The summed E-state index contributed by atoms with van der Waals surface area (Å²) in [5.74, 6) is 1.71. The lowest BCUT2D eigenvalue weighted by Crippen LogP contribution is -2.34. The van der Waals surface area contributed by atoms with Crippen molar-refractivity contribution in [3.05, 3.63) is 42.4 Å². The molecule has 0 saturated carbocycles. The second kappa shape index (κ2) is 7.98. The number of carbonyl (C=O) groups excluding carboxylic acids is 1. The number of imidazole rings is 1. The molecule has 1 aliphatic heterocycles. The molecule has 0 aliphatic carbocycles. The Morgan fingerprint density at radius 2 is 1.93 bits per heavy atom. The first-order valence-corrected chi connectivity index (χ1v) is 10.1. The average Bonchev–Trinajstić information content (AvgIpc) is 3.36. The molecule has 158 valence electrons. The van der Waals surface area contributed by atoms with E-state index >= 15 is 0 Å². The number of carbonyl (C=O) groups is 1. The summed E-state index contributed by atoms with van der Waals surface area (Å²) < 4.78 is 7.11. The Morgan fingerprint density at radius 1 is 1.10 bits per heavy atom. The molecule has 1 aliphatic rings. The molecular formula is C21H27N7O2. The largest absolute Gasteiger partial charge is 0.336 e. The van der Waals surface area contributed by atoms with Gasteiger partial charge in [0.1, 0.15) is 17.8 Å². The second-order valence-corrected chi connectivity index (χ2v) is 8.69. The molecule has 1 saturated heterocycles. The summed E-state index contributed by atoms with van der Waals surface area (Å²) in [5.41, 5.74) is 0.987. The molecule has 3 aromatic rings. The van der Waals surface area contributed by atoms with Crippen molar-refractivity contribution >= 4 is 5.91 Å². The summed E-state index contributed by atoms with van der Waals surface area (Å²) in [5, 5.41) is 4.05. The number of amides is 1. The first-order chi connectivity index (χ1) is 14.3. The molecule has 3 aromatic heterocycles. The Kier molecular flexibility index (Phi) is 5.38. The van der Waals surface area contributed by atoms with E-state index in [2.05, 4.69) is 32.1 Å². The van der Waals surface area contributed by atoms with E-state index in [1.807, 2.05) is 37.8 Å². The molecule has 30 heavy (non-hydrogen) atoms. The fraction of sp³-hybridized carbons (Fsp3) is 0.476. The van der Waals surface area contributed by atoms with Crippen molar-refractivity contribution in [2.45, 2.75) is 32.6 Å². The van der Waals surface area contributed by atoms with Crippen molar-refractivity contribution in [2.24, 2.45) is 0 Å². The summed E-state index contributed by atoms with van der Waals surface area (Å²) in [6.07, 6.45) is 5.99. The third-order valence-electron chi connectivity index (χ3n) is 5.16. The van der Waals surface area contributed by atoms with Crippen LogP contribution in [-0.2, 0) is 5.41 Å². The number of hydrogen-bond acceptors (Lipinski definition) is 7. The van der Waals surface area contributed by atoms with E-state index in [9.17, 15) is 4.79 Å². The van der Waals surface area contributed by atoms with Gasteiger partial charge in [-0.1, -0.05) is 25.9 Å².